The molecule has 1 heterocycles. The summed E-state index contributed by atoms with van der Waals surface area (Å²) in [4.78, 5) is 14.1. The van der Waals surface area contributed by atoms with E-state index in [4.69, 9.17) is 4.74 Å². The van der Waals surface area contributed by atoms with E-state index in [2.05, 4.69) is 18.7 Å². The van der Waals surface area contributed by atoms with Crippen LogP contribution >= 0.6 is 0 Å². The highest BCUT2D eigenvalue weighted by atomic mass is 16.5. The number of amides is 1. The van der Waals surface area contributed by atoms with Crippen LogP contribution in [0, 0.1) is 0 Å². The van der Waals surface area contributed by atoms with Gasteiger partial charge in [-0.05, 0) is 33.1 Å². The molecule has 0 aromatic rings. The molecule has 1 aliphatic rings. The molecular weight excluding hydrogens is 204 g/mol. The summed E-state index contributed by atoms with van der Waals surface area (Å²) in [5.74, 6) is 0.274. The van der Waals surface area contributed by atoms with Crippen molar-refractivity contribution >= 4 is 5.91 Å². The first-order valence-electron chi connectivity index (χ1n) is 6.28. The number of carbonyl (C=O) groups is 1. The lowest BCUT2D eigenvalue weighted by Gasteiger charge is -2.38. The number of rotatable bonds is 5. The topological polar surface area (TPSA) is 46.1 Å². The lowest BCUT2D eigenvalue weighted by atomic mass is 9.97. The van der Waals surface area contributed by atoms with Crippen molar-refractivity contribution in [3.8, 4) is 0 Å². The Morgan fingerprint density at radius 1 is 1.38 bits per heavy atom. The van der Waals surface area contributed by atoms with Gasteiger partial charge in [0.25, 0.3) is 5.91 Å². The van der Waals surface area contributed by atoms with Gasteiger partial charge in [0.05, 0.1) is 13.2 Å². The number of hydrogen-bond acceptors (Lipinski definition) is 2. The van der Waals surface area contributed by atoms with Crippen LogP contribution in [0.1, 0.15) is 33.1 Å². The second kappa shape index (κ2) is 6.86. The van der Waals surface area contributed by atoms with Crippen molar-refractivity contribution in [3.05, 3.63) is 0 Å². The van der Waals surface area contributed by atoms with Gasteiger partial charge < -0.3 is 15.0 Å². The van der Waals surface area contributed by atoms with E-state index in [0.29, 0.717) is 25.2 Å². The van der Waals surface area contributed by atoms with Crippen LogP contribution in [0.15, 0.2) is 0 Å². The van der Waals surface area contributed by atoms with Crippen LogP contribution in [0.3, 0.4) is 0 Å². The van der Waals surface area contributed by atoms with E-state index in [1.807, 2.05) is 5.32 Å². The van der Waals surface area contributed by atoms with Crippen LogP contribution in [-0.2, 0) is 9.53 Å². The Kier molecular flexibility index (Phi) is 5.77. The zero-order chi connectivity index (χ0) is 12.0. The first kappa shape index (κ1) is 13.5. The maximum Gasteiger partial charge on any atom is 0.278 e. The van der Waals surface area contributed by atoms with Gasteiger partial charge in [0.2, 0.25) is 0 Å². The molecule has 0 bridgehead atoms. The van der Waals surface area contributed by atoms with Crippen molar-refractivity contribution in [1.29, 1.82) is 0 Å². The summed E-state index contributed by atoms with van der Waals surface area (Å²) in [7, 11) is 1.68. The molecular formula is C12H25N2O2+. The Hall–Kier alpha value is -0.610. The summed E-state index contributed by atoms with van der Waals surface area (Å²) in [6.45, 7) is 6.43. The molecule has 1 saturated heterocycles. The van der Waals surface area contributed by atoms with Gasteiger partial charge in [-0.3, -0.25) is 4.79 Å². The Morgan fingerprint density at radius 3 is 2.56 bits per heavy atom. The minimum atomic E-state index is 0.274. The maximum absolute atomic E-state index is 12.0. The van der Waals surface area contributed by atoms with Gasteiger partial charge in [0, 0.05) is 19.2 Å². The third-order valence-corrected chi connectivity index (χ3v) is 3.33. The van der Waals surface area contributed by atoms with E-state index in [9.17, 15) is 4.79 Å². The smallest absolute Gasteiger partial charge is 0.278 e. The van der Waals surface area contributed by atoms with E-state index in [-0.39, 0.29) is 5.91 Å². The monoisotopic (exact) mass is 229 g/mol. The molecule has 0 aliphatic carbocycles. The standard InChI is InChI=1S/C12H24N2O2/c1-10-5-4-6-11(2)14(10)12(15)9-13-7-8-16-3/h10-11,13H,4-9H2,1-3H3/p+1/t10-,11+. The maximum atomic E-state index is 12.0. The van der Waals surface area contributed by atoms with Crippen LogP contribution in [0.5, 0.6) is 0 Å². The second-order valence-corrected chi connectivity index (χ2v) is 4.70. The average molecular weight is 229 g/mol. The summed E-state index contributed by atoms with van der Waals surface area (Å²) in [6, 6.07) is 0.819. The lowest BCUT2D eigenvalue weighted by Crippen LogP contribution is -2.87. The number of ether oxygens (including phenoxy) is 1. The first-order valence-corrected chi connectivity index (χ1v) is 6.28. The van der Waals surface area contributed by atoms with Gasteiger partial charge in [-0.25, -0.2) is 0 Å². The molecule has 1 rings (SSSR count). The molecule has 2 N–H and O–H groups in total. The van der Waals surface area contributed by atoms with Crippen LogP contribution in [0.25, 0.3) is 0 Å². The van der Waals surface area contributed by atoms with Crippen molar-refractivity contribution < 1.29 is 14.8 Å². The zero-order valence-corrected chi connectivity index (χ0v) is 10.7. The Morgan fingerprint density at radius 2 is 2.00 bits per heavy atom. The molecule has 0 aromatic carbocycles. The molecule has 1 amide bonds. The molecule has 1 fully saturated rings. The van der Waals surface area contributed by atoms with Gasteiger partial charge in [-0.15, -0.1) is 0 Å². The van der Waals surface area contributed by atoms with Crippen LogP contribution in [0.2, 0.25) is 0 Å². The molecule has 1 aliphatic heterocycles. The minimum absolute atomic E-state index is 0.274. The lowest BCUT2D eigenvalue weighted by molar-refractivity contribution is -0.646. The number of piperidine rings is 1. The van der Waals surface area contributed by atoms with Gasteiger partial charge in [-0.2, -0.15) is 0 Å². The van der Waals surface area contributed by atoms with E-state index in [0.717, 1.165) is 19.4 Å². The number of nitrogens with zero attached hydrogens (tertiary/aromatic N) is 1. The quantitative estimate of drug-likeness (QED) is 0.674. The summed E-state index contributed by atoms with van der Waals surface area (Å²) >= 11 is 0. The number of nitrogens with two attached hydrogens (primary N) is 1. The fraction of sp³-hybridized carbons (Fsp3) is 0.917. The van der Waals surface area contributed by atoms with E-state index >= 15 is 0 Å². The van der Waals surface area contributed by atoms with E-state index in [1.165, 1.54) is 6.42 Å². The van der Waals surface area contributed by atoms with Crippen molar-refractivity contribution in [3.63, 3.8) is 0 Å². The predicted octanol–water partition coefficient (Wildman–Crippen LogP) is -0.0143. The van der Waals surface area contributed by atoms with Gasteiger partial charge in [0.15, 0.2) is 6.54 Å². The van der Waals surface area contributed by atoms with Crippen molar-refractivity contribution in [2.45, 2.75) is 45.2 Å². The van der Waals surface area contributed by atoms with E-state index in [1.54, 1.807) is 7.11 Å². The van der Waals surface area contributed by atoms with Crippen molar-refractivity contribution in [2.24, 2.45) is 0 Å². The largest absolute Gasteiger partial charge is 0.379 e. The molecule has 0 radical (unpaired) electrons. The Labute approximate surface area is 98.3 Å². The van der Waals surface area contributed by atoms with Crippen LogP contribution < -0.4 is 5.32 Å². The Balaban J connectivity index is 2.33. The molecule has 4 heteroatoms. The molecule has 4 nitrogen and oxygen atoms in total. The summed E-state index contributed by atoms with van der Waals surface area (Å²) < 4.78 is 4.96. The highest BCUT2D eigenvalue weighted by Crippen LogP contribution is 2.21. The summed E-state index contributed by atoms with van der Waals surface area (Å²) in [6.07, 6.45) is 3.54. The third-order valence-electron chi connectivity index (χ3n) is 3.33. The fourth-order valence-electron chi connectivity index (χ4n) is 2.45. The molecule has 2 atom stereocenters. The molecule has 0 unspecified atom stereocenters. The predicted molar refractivity (Wildman–Crippen MR) is 63.2 cm³/mol. The van der Waals surface area contributed by atoms with Gasteiger partial charge in [0.1, 0.15) is 0 Å². The van der Waals surface area contributed by atoms with Crippen LogP contribution in [-0.4, -0.2) is 49.7 Å². The molecule has 94 valence electrons. The average Bonchev–Trinajstić information content (AvgIpc) is 2.24. The van der Waals surface area contributed by atoms with Gasteiger partial charge >= 0.3 is 0 Å². The Bertz CT molecular complexity index is 211. The zero-order valence-electron chi connectivity index (χ0n) is 10.7. The third kappa shape index (κ3) is 3.76. The fourth-order valence-corrected chi connectivity index (χ4v) is 2.45. The molecule has 0 aromatic heterocycles. The van der Waals surface area contributed by atoms with Crippen molar-refractivity contribution in [2.75, 3.05) is 26.8 Å². The number of quaternary nitrogens is 1. The summed E-state index contributed by atoms with van der Waals surface area (Å²) in [5, 5.41) is 2.03. The number of hydrogen-bond donors (Lipinski definition) is 1. The summed E-state index contributed by atoms with van der Waals surface area (Å²) in [5.41, 5.74) is 0. The highest BCUT2D eigenvalue weighted by molar-refractivity contribution is 5.77. The van der Waals surface area contributed by atoms with Gasteiger partial charge in [-0.1, -0.05) is 0 Å². The first-order chi connectivity index (χ1) is 7.66. The molecule has 0 saturated carbocycles. The SMILES string of the molecule is COCC[NH2+]CC(=O)N1[C@H](C)CCC[C@@H]1C. The molecule has 16 heavy (non-hydrogen) atoms. The number of methoxy groups -OCH3 is 1. The minimum Gasteiger partial charge on any atom is -0.379 e. The number of likely N-dealkylation sites (tertiary alicyclic amines) is 1. The second-order valence-electron chi connectivity index (χ2n) is 4.70. The normalized spacial score (nSPS) is 25.8. The highest BCUT2D eigenvalue weighted by Gasteiger charge is 2.29. The van der Waals surface area contributed by atoms with Crippen LogP contribution in [0.4, 0.5) is 0 Å². The number of carbonyl (C=O) groups excluding carboxylic acids is 1. The van der Waals surface area contributed by atoms with Crippen molar-refractivity contribution in [1.82, 2.24) is 4.90 Å². The van der Waals surface area contributed by atoms with E-state index < -0.39 is 0 Å². The molecule has 0 spiro atoms.